The maximum absolute atomic E-state index is 11.8. The Balaban J connectivity index is 1.73. The van der Waals surface area contributed by atoms with Gasteiger partial charge in [-0.2, -0.15) is 0 Å². The van der Waals surface area contributed by atoms with Gasteiger partial charge >= 0.3 is 0 Å². The van der Waals surface area contributed by atoms with E-state index in [-0.39, 0.29) is 17.9 Å². The highest BCUT2D eigenvalue weighted by Crippen LogP contribution is 2.17. The summed E-state index contributed by atoms with van der Waals surface area (Å²) in [5, 5.41) is 8.61. The lowest BCUT2D eigenvalue weighted by Crippen LogP contribution is -2.42. The minimum Gasteiger partial charge on any atom is -0.354 e. The standard InChI is InChI=1S/C13H19N3O2S/c1-8(2)10-7-19-12(16-10)5-6-14-13(18)9-3-4-11(17)15-9/h7-9H,3-6H2,1-2H3,(H,14,18)(H,15,17). The van der Waals surface area contributed by atoms with Crippen LogP contribution in [0.2, 0.25) is 0 Å². The second kappa shape index (κ2) is 6.14. The number of rotatable bonds is 5. The summed E-state index contributed by atoms with van der Waals surface area (Å²) in [6.45, 7) is 4.79. The summed E-state index contributed by atoms with van der Waals surface area (Å²) in [4.78, 5) is 27.3. The van der Waals surface area contributed by atoms with Crippen molar-refractivity contribution < 1.29 is 9.59 Å². The molecule has 5 nitrogen and oxygen atoms in total. The molecule has 19 heavy (non-hydrogen) atoms. The summed E-state index contributed by atoms with van der Waals surface area (Å²) in [6, 6.07) is -0.352. The van der Waals surface area contributed by atoms with Gasteiger partial charge < -0.3 is 10.6 Å². The Kier molecular flexibility index (Phi) is 4.52. The second-order valence-corrected chi connectivity index (χ2v) is 5.96. The maximum Gasteiger partial charge on any atom is 0.242 e. The second-order valence-electron chi connectivity index (χ2n) is 5.02. The summed E-state index contributed by atoms with van der Waals surface area (Å²) >= 11 is 1.63. The van der Waals surface area contributed by atoms with E-state index in [4.69, 9.17) is 0 Å². The van der Waals surface area contributed by atoms with Gasteiger partial charge in [0.1, 0.15) is 6.04 Å². The topological polar surface area (TPSA) is 71.1 Å². The van der Waals surface area contributed by atoms with Crippen LogP contribution < -0.4 is 10.6 Å². The molecule has 0 bridgehead atoms. The zero-order chi connectivity index (χ0) is 13.8. The van der Waals surface area contributed by atoms with Crippen molar-refractivity contribution in [2.45, 2.75) is 45.1 Å². The number of nitrogens with one attached hydrogen (secondary N) is 2. The molecule has 2 N–H and O–H groups in total. The summed E-state index contributed by atoms with van der Waals surface area (Å²) in [5.41, 5.74) is 1.11. The molecule has 1 fully saturated rings. The first kappa shape index (κ1) is 14.0. The molecule has 2 amide bonds. The van der Waals surface area contributed by atoms with E-state index < -0.39 is 0 Å². The highest BCUT2D eigenvalue weighted by atomic mass is 32.1. The number of aromatic nitrogens is 1. The van der Waals surface area contributed by atoms with Crippen LogP contribution >= 0.6 is 11.3 Å². The first-order valence-electron chi connectivity index (χ1n) is 6.57. The lowest BCUT2D eigenvalue weighted by Gasteiger charge is -2.09. The number of carbonyl (C=O) groups excluding carboxylic acids is 2. The minimum absolute atomic E-state index is 0.0401. The van der Waals surface area contributed by atoms with Crippen molar-refractivity contribution in [3.05, 3.63) is 16.1 Å². The number of nitrogens with zero attached hydrogens (tertiary/aromatic N) is 1. The lowest BCUT2D eigenvalue weighted by atomic mass is 10.2. The molecule has 2 heterocycles. The highest BCUT2D eigenvalue weighted by molar-refractivity contribution is 7.09. The summed E-state index contributed by atoms with van der Waals surface area (Å²) in [6.07, 6.45) is 1.78. The third kappa shape index (κ3) is 3.76. The lowest BCUT2D eigenvalue weighted by molar-refractivity contribution is -0.125. The van der Waals surface area contributed by atoms with Gasteiger partial charge in [0.05, 0.1) is 10.7 Å². The van der Waals surface area contributed by atoms with E-state index in [2.05, 4.69) is 34.8 Å². The number of hydrogen-bond acceptors (Lipinski definition) is 4. The van der Waals surface area contributed by atoms with E-state index >= 15 is 0 Å². The Hall–Kier alpha value is -1.43. The van der Waals surface area contributed by atoms with Crippen LogP contribution in [0, 0.1) is 0 Å². The van der Waals surface area contributed by atoms with Crippen LogP contribution in [-0.2, 0) is 16.0 Å². The van der Waals surface area contributed by atoms with Crippen molar-refractivity contribution >= 4 is 23.2 Å². The number of carbonyl (C=O) groups is 2. The predicted molar refractivity (Wildman–Crippen MR) is 74.1 cm³/mol. The molecule has 1 aliphatic rings. The molecule has 6 heteroatoms. The Morgan fingerprint density at radius 3 is 3.00 bits per heavy atom. The van der Waals surface area contributed by atoms with Crippen LogP contribution in [0.15, 0.2) is 5.38 Å². The molecule has 1 aliphatic heterocycles. The summed E-state index contributed by atoms with van der Waals surface area (Å²) in [5.74, 6) is 0.307. The van der Waals surface area contributed by atoms with Gasteiger partial charge in [0, 0.05) is 24.8 Å². The largest absolute Gasteiger partial charge is 0.354 e. The number of hydrogen-bond donors (Lipinski definition) is 2. The monoisotopic (exact) mass is 281 g/mol. The predicted octanol–water partition coefficient (Wildman–Crippen LogP) is 1.20. The Bertz CT molecular complexity index is 470. The van der Waals surface area contributed by atoms with Crippen LogP contribution in [0.1, 0.15) is 43.3 Å². The van der Waals surface area contributed by atoms with Crippen molar-refractivity contribution in [1.82, 2.24) is 15.6 Å². The molecule has 1 aromatic heterocycles. The van der Waals surface area contributed by atoms with Gasteiger partial charge in [-0.1, -0.05) is 13.8 Å². The quantitative estimate of drug-likeness (QED) is 0.852. The Morgan fingerprint density at radius 2 is 2.42 bits per heavy atom. The third-order valence-corrected chi connectivity index (χ3v) is 4.04. The number of amides is 2. The average molecular weight is 281 g/mol. The zero-order valence-electron chi connectivity index (χ0n) is 11.2. The Morgan fingerprint density at radius 1 is 1.63 bits per heavy atom. The molecule has 1 aromatic rings. The van der Waals surface area contributed by atoms with Crippen molar-refractivity contribution in [3.63, 3.8) is 0 Å². The normalized spacial score (nSPS) is 18.7. The molecule has 0 aromatic carbocycles. The fraction of sp³-hybridized carbons (Fsp3) is 0.615. The molecule has 2 rings (SSSR count). The zero-order valence-corrected chi connectivity index (χ0v) is 12.0. The fourth-order valence-electron chi connectivity index (χ4n) is 1.93. The molecule has 0 spiro atoms. The van der Waals surface area contributed by atoms with E-state index in [0.717, 1.165) is 17.1 Å². The van der Waals surface area contributed by atoms with Gasteiger partial charge in [0.25, 0.3) is 0 Å². The molecule has 1 atom stereocenters. The van der Waals surface area contributed by atoms with Crippen molar-refractivity contribution in [2.75, 3.05) is 6.54 Å². The van der Waals surface area contributed by atoms with Crippen LogP contribution in [0.25, 0.3) is 0 Å². The third-order valence-electron chi connectivity index (χ3n) is 3.11. The molecular formula is C13H19N3O2S. The van der Waals surface area contributed by atoms with E-state index in [1.165, 1.54) is 0 Å². The van der Waals surface area contributed by atoms with Crippen molar-refractivity contribution in [1.29, 1.82) is 0 Å². The van der Waals surface area contributed by atoms with Gasteiger partial charge in [-0.25, -0.2) is 4.98 Å². The highest BCUT2D eigenvalue weighted by Gasteiger charge is 2.26. The van der Waals surface area contributed by atoms with Gasteiger partial charge in [0.2, 0.25) is 11.8 Å². The van der Waals surface area contributed by atoms with E-state index in [9.17, 15) is 9.59 Å². The van der Waals surface area contributed by atoms with Crippen LogP contribution in [0.3, 0.4) is 0 Å². The average Bonchev–Trinajstić information content (AvgIpc) is 2.98. The molecular weight excluding hydrogens is 262 g/mol. The fourth-order valence-corrected chi connectivity index (χ4v) is 2.89. The van der Waals surface area contributed by atoms with Gasteiger partial charge in [0.15, 0.2) is 0 Å². The summed E-state index contributed by atoms with van der Waals surface area (Å²) in [7, 11) is 0. The first-order valence-corrected chi connectivity index (χ1v) is 7.45. The first-order chi connectivity index (χ1) is 9.06. The number of thiazole rings is 1. The molecule has 104 valence electrons. The van der Waals surface area contributed by atoms with Gasteiger partial charge in [-0.05, 0) is 12.3 Å². The minimum atomic E-state index is -0.352. The molecule has 0 saturated carbocycles. The maximum atomic E-state index is 11.8. The summed E-state index contributed by atoms with van der Waals surface area (Å²) < 4.78 is 0. The molecule has 0 aliphatic carbocycles. The molecule has 0 radical (unpaired) electrons. The molecule has 1 saturated heterocycles. The Labute approximate surface area is 116 Å². The molecule has 1 unspecified atom stereocenters. The van der Waals surface area contributed by atoms with E-state index in [0.29, 0.717) is 25.3 Å². The SMILES string of the molecule is CC(C)c1csc(CCNC(=O)C2CCC(=O)N2)n1. The van der Waals surface area contributed by atoms with Crippen molar-refractivity contribution in [3.8, 4) is 0 Å². The van der Waals surface area contributed by atoms with E-state index in [1.807, 2.05) is 0 Å². The van der Waals surface area contributed by atoms with Crippen LogP contribution in [-0.4, -0.2) is 29.4 Å². The van der Waals surface area contributed by atoms with Crippen LogP contribution in [0.4, 0.5) is 0 Å². The van der Waals surface area contributed by atoms with Crippen LogP contribution in [0.5, 0.6) is 0 Å². The van der Waals surface area contributed by atoms with Gasteiger partial charge in [-0.3, -0.25) is 9.59 Å². The van der Waals surface area contributed by atoms with Crippen molar-refractivity contribution in [2.24, 2.45) is 0 Å². The van der Waals surface area contributed by atoms with Gasteiger partial charge in [-0.15, -0.1) is 11.3 Å². The van der Waals surface area contributed by atoms with E-state index in [1.54, 1.807) is 11.3 Å². The smallest absolute Gasteiger partial charge is 0.242 e.